The molecule has 2 rings (SSSR count). The molecule has 1 atom stereocenters. The summed E-state index contributed by atoms with van der Waals surface area (Å²) in [5, 5.41) is 11.0. The number of piperazine rings is 1. The van der Waals surface area contributed by atoms with Crippen molar-refractivity contribution < 1.29 is 9.84 Å². The third-order valence-electron chi connectivity index (χ3n) is 3.50. The van der Waals surface area contributed by atoms with E-state index in [1.54, 1.807) is 12.4 Å². The minimum atomic E-state index is -0.440. The van der Waals surface area contributed by atoms with Gasteiger partial charge in [-0.05, 0) is 6.92 Å². The third kappa shape index (κ3) is 4.69. The lowest BCUT2D eigenvalue weighted by molar-refractivity contribution is 0.0202. The zero-order valence-corrected chi connectivity index (χ0v) is 13.6. The highest BCUT2D eigenvalue weighted by Crippen LogP contribution is 2.32. The molecule has 1 N–H and O–H groups in total. The fraction of sp³-hybridized carbons (Fsp3) is 0.643. The van der Waals surface area contributed by atoms with Gasteiger partial charge in [0.2, 0.25) is 0 Å². The Labute approximate surface area is 135 Å². The quantitative estimate of drug-likeness (QED) is 0.861. The van der Waals surface area contributed by atoms with Crippen LogP contribution in [-0.2, 0) is 4.74 Å². The molecule has 0 aromatic carbocycles. The number of rotatable bonds is 6. The fourth-order valence-electron chi connectivity index (χ4n) is 2.47. The average Bonchev–Trinajstić information content (AvgIpc) is 2.46. The zero-order chi connectivity index (χ0) is 15.2. The predicted octanol–water partition coefficient (Wildman–Crippen LogP) is 1.91. The van der Waals surface area contributed by atoms with Gasteiger partial charge in [-0.1, -0.05) is 23.2 Å². The van der Waals surface area contributed by atoms with Gasteiger partial charge < -0.3 is 14.7 Å². The van der Waals surface area contributed by atoms with Crippen LogP contribution in [0.4, 0.5) is 5.69 Å². The maximum absolute atomic E-state index is 9.87. The molecule has 21 heavy (non-hydrogen) atoms. The number of hydrogen-bond donors (Lipinski definition) is 1. The summed E-state index contributed by atoms with van der Waals surface area (Å²) in [6.45, 7) is 6.94. The van der Waals surface area contributed by atoms with Gasteiger partial charge in [0.05, 0.1) is 28.4 Å². The summed E-state index contributed by atoms with van der Waals surface area (Å²) in [5.41, 5.74) is 0.850. The van der Waals surface area contributed by atoms with Crippen LogP contribution in [0.3, 0.4) is 0 Å². The molecule has 2 heterocycles. The molecular formula is C14H21Cl2N3O2. The van der Waals surface area contributed by atoms with E-state index in [0.29, 0.717) is 29.8 Å². The molecule has 1 aromatic rings. The molecule has 1 fully saturated rings. The van der Waals surface area contributed by atoms with Crippen molar-refractivity contribution in [3.05, 3.63) is 22.4 Å². The second-order valence-electron chi connectivity index (χ2n) is 5.05. The number of hydrogen-bond acceptors (Lipinski definition) is 5. The van der Waals surface area contributed by atoms with Gasteiger partial charge >= 0.3 is 0 Å². The van der Waals surface area contributed by atoms with Gasteiger partial charge in [-0.3, -0.25) is 9.88 Å². The highest BCUT2D eigenvalue weighted by Gasteiger charge is 2.22. The largest absolute Gasteiger partial charge is 0.389 e. The normalized spacial score (nSPS) is 18.0. The molecule has 1 saturated heterocycles. The van der Waals surface area contributed by atoms with Crippen molar-refractivity contribution in [2.75, 3.05) is 50.8 Å². The van der Waals surface area contributed by atoms with Crippen molar-refractivity contribution in [2.24, 2.45) is 0 Å². The number of halogens is 2. The van der Waals surface area contributed by atoms with Crippen LogP contribution < -0.4 is 4.90 Å². The maximum atomic E-state index is 9.87. The Morgan fingerprint density at radius 2 is 1.86 bits per heavy atom. The van der Waals surface area contributed by atoms with Crippen LogP contribution in [0.2, 0.25) is 10.0 Å². The van der Waals surface area contributed by atoms with E-state index < -0.39 is 6.10 Å². The molecule has 1 aliphatic heterocycles. The molecule has 0 amide bonds. The number of anilines is 1. The zero-order valence-electron chi connectivity index (χ0n) is 12.1. The standard InChI is InChI=1S/C14H21Cl2N3O2/c1-2-21-10-11(20)9-18-3-5-19(6-4-18)14-12(15)7-17-8-13(14)16/h7-8,11,20H,2-6,9-10H2,1H3. The number of aliphatic hydroxyl groups is 1. The molecular weight excluding hydrogens is 313 g/mol. The number of aliphatic hydroxyl groups excluding tert-OH is 1. The Balaban J connectivity index is 1.86. The Kier molecular flexibility index (Phi) is 6.51. The van der Waals surface area contributed by atoms with Gasteiger partial charge in [-0.15, -0.1) is 0 Å². The molecule has 0 radical (unpaired) electrons. The maximum Gasteiger partial charge on any atom is 0.0900 e. The van der Waals surface area contributed by atoms with Gasteiger partial charge in [-0.25, -0.2) is 0 Å². The second kappa shape index (κ2) is 8.15. The summed E-state index contributed by atoms with van der Waals surface area (Å²) in [4.78, 5) is 8.36. The highest BCUT2D eigenvalue weighted by atomic mass is 35.5. The average molecular weight is 334 g/mol. The van der Waals surface area contributed by atoms with Crippen LogP contribution in [0.1, 0.15) is 6.92 Å². The lowest BCUT2D eigenvalue weighted by Gasteiger charge is -2.37. The van der Waals surface area contributed by atoms with Crippen LogP contribution in [-0.4, -0.2) is 67.0 Å². The molecule has 0 aliphatic carbocycles. The SMILES string of the molecule is CCOCC(O)CN1CCN(c2c(Cl)cncc2Cl)CC1. The lowest BCUT2D eigenvalue weighted by Crippen LogP contribution is -2.49. The van der Waals surface area contributed by atoms with Gasteiger partial charge in [0.15, 0.2) is 0 Å². The minimum Gasteiger partial charge on any atom is -0.389 e. The Bertz CT molecular complexity index is 434. The third-order valence-corrected chi connectivity index (χ3v) is 4.05. The van der Waals surface area contributed by atoms with E-state index in [0.717, 1.165) is 31.9 Å². The summed E-state index contributed by atoms with van der Waals surface area (Å²) in [5.74, 6) is 0. The van der Waals surface area contributed by atoms with E-state index in [4.69, 9.17) is 27.9 Å². The highest BCUT2D eigenvalue weighted by molar-refractivity contribution is 6.38. The summed E-state index contributed by atoms with van der Waals surface area (Å²) in [6.07, 6.45) is 2.78. The van der Waals surface area contributed by atoms with Crippen molar-refractivity contribution in [3.63, 3.8) is 0 Å². The van der Waals surface area contributed by atoms with Gasteiger partial charge in [0.1, 0.15) is 0 Å². The first-order valence-corrected chi connectivity index (χ1v) is 7.89. The Morgan fingerprint density at radius 3 is 2.43 bits per heavy atom. The number of β-amino-alcohol motifs (C(OH)–C–C–N with tert-alkyl or cyclic N) is 1. The first kappa shape index (κ1) is 16.8. The number of aromatic nitrogens is 1. The van der Waals surface area contributed by atoms with E-state index in [2.05, 4.69) is 14.8 Å². The lowest BCUT2D eigenvalue weighted by atomic mass is 10.2. The summed E-state index contributed by atoms with van der Waals surface area (Å²) >= 11 is 12.4. The Morgan fingerprint density at radius 1 is 1.24 bits per heavy atom. The van der Waals surface area contributed by atoms with Crippen molar-refractivity contribution in [3.8, 4) is 0 Å². The molecule has 0 bridgehead atoms. The van der Waals surface area contributed by atoms with Gasteiger partial charge in [-0.2, -0.15) is 0 Å². The first-order valence-electron chi connectivity index (χ1n) is 7.14. The molecule has 118 valence electrons. The molecule has 0 saturated carbocycles. The topological polar surface area (TPSA) is 48.8 Å². The van der Waals surface area contributed by atoms with Gasteiger partial charge in [0.25, 0.3) is 0 Å². The molecule has 1 unspecified atom stereocenters. The fourth-order valence-corrected chi connectivity index (χ4v) is 3.07. The van der Waals surface area contributed by atoms with Crippen molar-refractivity contribution in [1.29, 1.82) is 0 Å². The van der Waals surface area contributed by atoms with Crippen molar-refractivity contribution in [1.82, 2.24) is 9.88 Å². The van der Waals surface area contributed by atoms with E-state index in [1.807, 2.05) is 6.92 Å². The number of pyridine rings is 1. The van der Waals surface area contributed by atoms with Crippen LogP contribution >= 0.6 is 23.2 Å². The first-order chi connectivity index (χ1) is 10.1. The van der Waals surface area contributed by atoms with Crippen molar-refractivity contribution in [2.45, 2.75) is 13.0 Å². The van der Waals surface area contributed by atoms with Crippen LogP contribution in [0.5, 0.6) is 0 Å². The van der Waals surface area contributed by atoms with Crippen LogP contribution in [0, 0.1) is 0 Å². The van der Waals surface area contributed by atoms with E-state index in [9.17, 15) is 5.11 Å². The predicted molar refractivity (Wildman–Crippen MR) is 85.4 cm³/mol. The summed E-state index contributed by atoms with van der Waals surface area (Å²) < 4.78 is 5.23. The van der Waals surface area contributed by atoms with E-state index >= 15 is 0 Å². The van der Waals surface area contributed by atoms with Crippen molar-refractivity contribution >= 4 is 28.9 Å². The second-order valence-corrected chi connectivity index (χ2v) is 5.87. The molecule has 0 spiro atoms. The number of nitrogens with zero attached hydrogens (tertiary/aromatic N) is 3. The van der Waals surface area contributed by atoms with Crippen LogP contribution in [0.25, 0.3) is 0 Å². The smallest absolute Gasteiger partial charge is 0.0900 e. The molecule has 7 heteroatoms. The molecule has 1 aromatic heterocycles. The van der Waals surface area contributed by atoms with E-state index in [-0.39, 0.29) is 0 Å². The van der Waals surface area contributed by atoms with E-state index in [1.165, 1.54) is 0 Å². The summed E-state index contributed by atoms with van der Waals surface area (Å²) in [7, 11) is 0. The number of ether oxygens (including phenoxy) is 1. The Hall–Kier alpha value is -0.590. The monoisotopic (exact) mass is 333 g/mol. The molecule has 5 nitrogen and oxygen atoms in total. The minimum absolute atomic E-state index is 0.388. The summed E-state index contributed by atoms with van der Waals surface area (Å²) in [6, 6.07) is 0. The molecule has 1 aliphatic rings. The van der Waals surface area contributed by atoms with Crippen LogP contribution in [0.15, 0.2) is 12.4 Å². The van der Waals surface area contributed by atoms with Gasteiger partial charge in [0, 0.05) is 51.7 Å².